The first kappa shape index (κ1) is 15.4. The molecule has 2 rings (SSSR count). The highest BCUT2D eigenvalue weighted by Crippen LogP contribution is 2.32. The second-order valence-electron chi connectivity index (χ2n) is 4.55. The van der Waals surface area contributed by atoms with Crippen molar-refractivity contribution in [1.82, 2.24) is 9.55 Å². The number of hydrogen-bond acceptors (Lipinski definition) is 4. The summed E-state index contributed by atoms with van der Waals surface area (Å²) >= 11 is 0. The number of ether oxygens (including phenoxy) is 2. The molecule has 2 aromatic rings. The predicted octanol–water partition coefficient (Wildman–Crippen LogP) is 2.83. The van der Waals surface area contributed by atoms with Crippen LogP contribution in [0.15, 0.2) is 24.4 Å². The van der Waals surface area contributed by atoms with Gasteiger partial charge in [0, 0.05) is 18.7 Å². The van der Waals surface area contributed by atoms with Crippen molar-refractivity contribution in [2.45, 2.75) is 33.9 Å². The number of nitrogens with zero attached hydrogens (tertiary/aromatic N) is 2. The summed E-state index contributed by atoms with van der Waals surface area (Å²) in [7, 11) is 0. The standard InChI is InChI=1S/C16H23N3O2/c1-4-19-13(10-17)11-18-16(19)12-7-8-14(20-5-2)15(9-12)21-6-3/h7-9,11H,4-6,10,17H2,1-3H3. The molecule has 0 amide bonds. The van der Waals surface area contributed by atoms with Crippen molar-refractivity contribution in [3.05, 3.63) is 30.1 Å². The van der Waals surface area contributed by atoms with Gasteiger partial charge in [-0.05, 0) is 39.0 Å². The molecule has 114 valence electrons. The van der Waals surface area contributed by atoms with Crippen molar-refractivity contribution in [2.24, 2.45) is 5.73 Å². The first-order valence-corrected chi connectivity index (χ1v) is 7.39. The number of hydrogen-bond donors (Lipinski definition) is 1. The van der Waals surface area contributed by atoms with E-state index in [0.29, 0.717) is 19.8 Å². The Bertz CT molecular complexity index is 593. The minimum absolute atomic E-state index is 0.482. The van der Waals surface area contributed by atoms with Gasteiger partial charge in [0.15, 0.2) is 11.5 Å². The third-order valence-electron chi connectivity index (χ3n) is 3.27. The van der Waals surface area contributed by atoms with Crippen molar-refractivity contribution in [1.29, 1.82) is 0 Å². The maximum absolute atomic E-state index is 5.75. The average Bonchev–Trinajstić information content (AvgIpc) is 2.92. The molecule has 1 heterocycles. The number of rotatable bonds is 7. The molecule has 1 aromatic carbocycles. The molecule has 0 unspecified atom stereocenters. The predicted molar refractivity (Wildman–Crippen MR) is 83.6 cm³/mol. The van der Waals surface area contributed by atoms with Crippen LogP contribution in [0, 0.1) is 0 Å². The molecule has 0 saturated carbocycles. The summed E-state index contributed by atoms with van der Waals surface area (Å²) in [6.45, 7) is 8.53. The maximum atomic E-state index is 5.75. The summed E-state index contributed by atoms with van der Waals surface area (Å²) in [6.07, 6.45) is 1.83. The van der Waals surface area contributed by atoms with Crippen molar-refractivity contribution in [3.63, 3.8) is 0 Å². The molecule has 0 atom stereocenters. The van der Waals surface area contributed by atoms with Crippen molar-refractivity contribution in [2.75, 3.05) is 13.2 Å². The van der Waals surface area contributed by atoms with Crippen molar-refractivity contribution < 1.29 is 9.47 Å². The quantitative estimate of drug-likeness (QED) is 0.851. The van der Waals surface area contributed by atoms with Crippen molar-refractivity contribution in [3.8, 4) is 22.9 Å². The fourth-order valence-electron chi connectivity index (χ4n) is 2.35. The van der Waals surface area contributed by atoms with Gasteiger partial charge in [-0.25, -0.2) is 4.98 Å². The molecule has 5 nitrogen and oxygen atoms in total. The van der Waals surface area contributed by atoms with Gasteiger partial charge in [-0.2, -0.15) is 0 Å². The van der Waals surface area contributed by atoms with Crippen LogP contribution in [0.1, 0.15) is 26.5 Å². The fraction of sp³-hybridized carbons (Fsp3) is 0.438. The van der Waals surface area contributed by atoms with Gasteiger partial charge < -0.3 is 19.8 Å². The zero-order valence-electron chi connectivity index (χ0n) is 12.9. The third-order valence-corrected chi connectivity index (χ3v) is 3.27. The molecule has 2 N–H and O–H groups in total. The topological polar surface area (TPSA) is 62.3 Å². The lowest BCUT2D eigenvalue weighted by Crippen LogP contribution is -2.07. The second kappa shape index (κ2) is 7.13. The van der Waals surface area contributed by atoms with Crippen LogP contribution in [0.2, 0.25) is 0 Å². The normalized spacial score (nSPS) is 10.7. The van der Waals surface area contributed by atoms with Gasteiger partial charge in [-0.15, -0.1) is 0 Å². The molecule has 1 aromatic heterocycles. The van der Waals surface area contributed by atoms with Crippen LogP contribution in [0.5, 0.6) is 11.5 Å². The van der Waals surface area contributed by atoms with Crippen LogP contribution in [-0.2, 0) is 13.1 Å². The monoisotopic (exact) mass is 289 g/mol. The molecule has 0 radical (unpaired) electrons. The first-order chi connectivity index (χ1) is 10.2. The Morgan fingerprint density at radius 3 is 2.43 bits per heavy atom. The average molecular weight is 289 g/mol. The lowest BCUT2D eigenvalue weighted by Gasteiger charge is -2.13. The Morgan fingerprint density at radius 2 is 1.81 bits per heavy atom. The second-order valence-corrected chi connectivity index (χ2v) is 4.55. The molecule has 0 bridgehead atoms. The molecular weight excluding hydrogens is 266 g/mol. The van der Waals surface area contributed by atoms with Gasteiger partial charge in [0.2, 0.25) is 0 Å². The van der Waals surface area contributed by atoms with E-state index in [0.717, 1.165) is 35.1 Å². The number of nitrogens with two attached hydrogens (primary N) is 1. The van der Waals surface area contributed by atoms with E-state index in [-0.39, 0.29) is 0 Å². The lowest BCUT2D eigenvalue weighted by molar-refractivity contribution is 0.288. The lowest BCUT2D eigenvalue weighted by atomic mass is 10.2. The summed E-state index contributed by atoms with van der Waals surface area (Å²) in [4.78, 5) is 4.49. The zero-order chi connectivity index (χ0) is 15.2. The highest BCUT2D eigenvalue weighted by atomic mass is 16.5. The minimum atomic E-state index is 0.482. The molecule has 0 fully saturated rings. The Balaban J connectivity index is 2.44. The molecule has 0 aliphatic heterocycles. The van der Waals surface area contributed by atoms with Crippen LogP contribution in [0.3, 0.4) is 0 Å². The van der Waals surface area contributed by atoms with Gasteiger partial charge in [-0.1, -0.05) is 0 Å². The maximum Gasteiger partial charge on any atom is 0.161 e. The van der Waals surface area contributed by atoms with Gasteiger partial charge in [0.25, 0.3) is 0 Å². The molecule has 0 aliphatic rings. The highest BCUT2D eigenvalue weighted by molar-refractivity contribution is 5.62. The molecule has 0 aliphatic carbocycles. The van der Waals surface area contributed by atoms with Crippen LogP contribution >= 0.6 is 0 Å². The highest BCUT2D eigenvalue weighted by Gasteiger charge is 2.13. The van der Waals surface area contributed by atoms with Gasteiger partial charge >= 0.3 is 0 Å². The number of imidazole rings is 1. The smallest absolute Gasteiger partial charge is 0.161 e. The fourth-order valence-corrected chi connectivity index (χ4v) is 2.35. The van der Waals surface area contributed by atoms with Gasteiger partial charge in [0.1, 0.15) is 5.82 Å². The van der Waals surface area contributed by atoms with Crippen LogP contribution < -0.4 is 15.2 Å². The van der Waals surface area contributed by atoms with Gasteiger partial charge in [-0.3, -0.25) is 0 Å². The molecule has 0 saturated heterocycles. The summed E-state index contributed by atoms with van der Waals surface area (Å²) in [6, 6.07) is 5.91. The van der Waals surface area contributed by atoms with Gasteiger partial charge in [0.05, 0.1) is 25.1 Å². The Labute approximate surface area is 125 Å². The van der Waals surface area contributed by atoms with Crippen molar-refractivity contribution >= 4 is 0 Å². The first-order valence-electron chi connectivity index (χ1n) is 7.39. The molecule has 21 heavy (non-hydrogen) atoms. The summed E-state index contributed by atoms with van der Waals surface area (Å²) in [5.41, 5.74) is 7.78. The van der Waals surface area contributed by atoms with E-state index in [4.69, 9.17) is 15.2 Å². The molecular formula is C16H23N3O2. The molecule has 5 heteroatoms. The Morgan fingerprint density at radius 1 is 1.10 bits per heavy atom. The molecule has 0 spiro atoms. The van der Waals surface area contributed by atoms with Crippen LogP contribution in [0.25, 0.3) is 11.4 Å². The largest absolute Gasteiger partial charge is 0.490 e. The van der Waals surface area contributed by atoms with E-state index in [9.17, 15) is 0 Å². The minimum Gasteiger partial charge on any atom is -0.490 e. The van der Waals surface area contributed by atoms with E-state index in [1.165, 1.54) is 0 Å². The Hall–Kier alpha value is -2.01. The van der Waals surface area contributed by atoms with E-state index >= 15 is 0 Å². The number of benzene rings is 1. The van der Waals surface area contributed by atoms with E-state index < -0.39 is 0 Å². The van der Waals surface area contributed by atoms with Crippen LogP contribution in [-0.4, -0.2) is 22.8 Å². The van der Waals surface area contributed by atoms with E-state index in [2.05, 4.69) is 16.5 Å². The third kappa shape index (κ3) is 3.19. The Kier molecular flexibility index (Phi) is 5.22. The summed E-state index contributed by atoms with van der Waals surface area (Å²) in [5.74, 6) is 2.41. The zero-order valence-corrected chi connectivity index (χ0v) is 12.9. The van der Waals surface area contributed by atoms with E-state index in [1.54, 1.807) is 0 Å². The number of aromatic nitrogens is 2. The van der Waals surface area contributed by atoms with Crippen LogP contribution in [0.4, 0.5) is 0 Å². The van der Waals surface area contributed by atoms with E-state index in [1.807, 2.05) is 38.2 Å². The summed E-state index contributed by atoms with van der Waals surface area (Å²) in [5, 5.41) is 0. The summed E-state index contributed by atoms with van der Waals surface area (Å²) < 4.78 is 13.4. The SMILES string of the molecule is CCOc1ccc(-c2ncc(CN)n2CC)cc1OCC.